The van der Waals surface area contributed by atoms with Crippen molar-refractivity contribution in [3.05, 3.63) is 0 Å². The summed E-state index contributed by atoms with van der Waals surface area (Å²) in [6, 6.07) is -0.367. The first kappa shape index (κ1) is 27.8. The summed E-state index contributed by atoms with van der Waals surface area (Å²) in [7, 11) is -4.67. The van der Waals surface area contributed by atoms with Crippen LogP contribution in [0.4, 0.5) is 0 Å². The predicted octanol–water partition coefficient (Wildman–Crippen LogP) is -11.4. The Bertz CT molecular complexity index is 192. The van der Waals surface area contributed by atoms with Gasteiger partial charge in [-0.1, -0.05) is 13.8 Å². The third-order valence-electron chi connectivity index (χ3n) is 2.02. The van der Waals surface area contributed by atoms with E-state index in [1.165, 1.54) is 0 Å². The molecule has 0 saturated heterocycles. The van der Waals surface area contributed by atoms with E-state index >= 15 is 0 Å². The number of carbonyl (C=O) groups is 1. The fraction of sp³-hybridized carbons (Fsp3) is 0.875. The quantitative estimate of drug-likeness (QED) is 0.387. The smallest absolute Gasteiger partial charge is 0.881 e. The van der Waals surface area contributed by atoms with Gasteiger partial charge < -0.3 is 19.7 Å². The molecule has 0 aliphatic rings. The van der Waals surface area contributed by atoms with Crippen molar-refractivity contribution < 1.29 is 108 Å². The summed E-state index contributed by atoms with van der Waals surface area (Å²) in [5.41, 5.74) is 0. The first-order chi connectivity index (χ1) is 6.37. The molecule has 0 rings (SSSR count). The van der Waals surface area contributed by atoms with Crippen molar-refractivity contribution in [3.8, 4) is 0 Å². The Labute approximate surface area is 170 Å². The van der Waals surface area contributed by atoms with Gasteiger partial charge in [-0.2, -0.15) is 0 Å². The average Bonchev–Trinajstić information content (AvgIpc) is 2.09. The molecular formula is C8H16NNa3O4Si. The first-order valence-corrected chi connectivity index (χ1v) is 6.69. The van der Waals surface area contributed by atoms with Crippen molar-refractivity contribution in [1.82, 2.24) is 5.32 Å². The van der Waals surface area contributed by atoms with Crippen molar-refractivity contribution in [2.45, 2.75) is 32.7 Å². The molecule has 0 fully saturated rings. The molecule has 0 heterocycles. The second-order valence-electron chi connectivity index (χ2n) is 3.39. The maximum atomic E-state index is 11.2. The molecule has 0 aromatic heterocycles. The molecule has 1 unspecified atom stereocenters. The second-order valence-corrected chi connectivity index (χ2v) is 5.25. The molecule has 0 spiro atoms. The van der Waals surface area contributed by atoms with Gasteiger partial charge in [-0.25, -0.2) is 0 Å². The number of amides is 1. The third kappa shape index (κ3) is 18.6. The van der Waals surface area contributed by atoms with Gasteiger partial charge in [-0.3, -0.25) is 13.6 Å². The number of hydrogen-bond donors (Lipinski definition) is 1. The molecule has 5 nitrogen and oxygen atoms in total. The Morgan fingerprint density at radius 1 is 1.24 bits per heavy atom. The SMILES string of the molecule is CCC(C)C(=O)NCCC[Si]([O-])([O-])[O-].[Na+].[Na+].[Na+]. The second kappa shape index (κ2) is 15.0. The monoisotopic (exact) mass is 287 g/mol. The molecule has 1 amide bonds. The molecule has 0 aromatic carbocycles. The van der Waals surface area contributed by atoms with Gasteiger partial charge in [0.25, 0.3) is 0 Å². The minimum absolute atomic E-state index is 0. The van der Waals surface area contributed by atoms with Crippen LogP contribution in [0, 0.1) is 5.92 Å². The molecule has 0 radical (unpaired) electrons. The number of hydrogen-bond acceptors (Lipinski definition) is 4. The van der Waals surface area contributed by atoms with E-state index in [4.69, 9.17) is 0 Å². The Morgan fingerprint density at radius 3 is 2.06 bits per heavy atom. The van der Waals surface area contributed by atoms with Crippen LogP contribution in [0.3, 0.4) is 0 Å². The molecular weight excluding hydrogens is 271 g/mol. The Hall–Kier alpha value is 2.57. The Balaban J connectivity index is -0.000000282. The van der Waals surface area contributed by atoms with Crippen molar-refractivity contribution >= 4 is 14.7 Å². The summed E-state index contributed by atoms with van der Waals surface area (Å²) in [6.07, 6.45) is 0.945. The standard InChI is InChI=1S/C8H16NO4Si.3Na/c1-3-7(2)8(10)9-5-4-6-14(11,12)13;;;/h7H,3-6H2,1-2H3,(H,9,10);;;/q-3;3*+1. The third-order valence-corrected chi connectivity index (χ3v) is 2.98. The predicted molar refractivity (Wildman–Crippen MR) is 47.6 cm³/mol. The maximum Gasteiger partial charge on any atom is 1.00 e. The summed E-state index contributed by atoms with van der Waals surface area (Å²) in [5.74, 6) is -0.161. The number of nitrogens with one attached hydrogen (secondary N) is 1. The van der Waals surface area contributed by atoms with Gasteiger partial charge in [-0.15, -0.1) is 6.04 Å². The van der Waals surface area contributed by atoms with Crippen LogP contribution in [0.1, 0.15) is 26.7 Å². The van der Waals surface area contributed by atoms with Gasteiger partial charge in [0.2, 0.25) is 5.91 Å². The zero-order valence-corrected chi connectivity index (χ0v) is 18.5. The molecule has 1 N–H and O–H groups in total. The molecule has 1 atom stereocenters. The van der Waals surface area contributed by atoms with E-state index in [0.717, 1.165) is 6.42 Å². The molecule has 0 bridgehead atoms. The molecule has 17 heavy (non-hydrogen) atoms. The minimum Gasteiger partial charge on any atom is -0.881 e. The zero-order chi connectivity index (χ0) is 11.2. The molecule has 0 aliphatic carbocycles. The van der Waals surface area contributed by atoms with Crippen molar-refractivity contribution in [1.29, 1.82) is 0 Å². The van der Waals surface area contributed by atoms with E-state index in [2.05, 4.69) is 5.32 Å². The van der Waals surface area contributed by atoms with Crippen molar-refractivity contribution in [2.75, 3.05) is 6.54 Å². The van der Waals surface area contributed by atoms with Crippen LogP contribution in [-0.2, 0) is 4.79 Å². The number of carbonyl (C=O) groups excluding carboxylic acids is 1. The van der Waals surface area contributed by atoms with E-state index in [-0.39, 0.29) is 120 Å². The summed E-state index contributed by atoms with van der Waals surface area (Å²) in [5, 5.41) is 2.57. The van der Waals surface area contributed by atoms with Crippen LogP contribution >= 0.6 is 0 Å². The van der Waals surface area contributed by atoms with Crippen LogP contribution < -0.4 is 108 Å². The summed E-state index contributed by atoms with van der Waals surface area (Å²) in [4.78, 5) is 41.9. The number of rotatable bonds is 6. The van der Waals surface area contributed by atoms with Gasteiger partial charge in [0, 0.05) is 12.5 Å². The summed E-state index contributed by atoms with van der Waals surface area (Å²) >= 11 is 0. The van der Waals surface area contributed by atoms with Crippen LogP contribution in [0.2, 0.25) is 6.04 Å². The van der Waals surface area contributed by atoms with Crippen molar-refractivity contribution in [3.63, 3.8) is 0 Å². The summed E-state index contributed by atoms with van der Waals surface area (Å²) < 4.78 is 0. The largest absolute Gasteiger partial charge is 1.00 e. The minimum atomic E-state index is -4.67. The summed E-state index contributed by atoms with van der Waals surface area (Å²) in [6.45, 7) is 3.95. The van der Waals surface area contributed by atoms with Crippen molar-refractivity contribution in [2.24, 2.45) is 5.92 Å². The van der Waals surface area contributed by atoms with E-state index in [1.54, 1.807) is 6.92 Å². The fourth-order valence-corrected chi connectivity index (χ4v) is 1.49. The van der Waals surface area contributed by atoms with Crippen LogP contribution in [0.5, 0.6) is 0 Å². The first-order valence-electron chi connectivity index (χ1n) is 4.75. The van der Waals surface area contributed by atoms with E-state index < -0.39 is 8.80 Å². The van der Waals surface area contributed by atoms with Gasteiger partial charge in [0.1, 0.15) is 0 Å². The van der Waals surface area contributed by atoms with E-state index in [9.17, 15) is 19.2 Å². The normalized spacial score (nSPS) is 11.4. The van der Waals surface area contributed by atoms with Gasteiger partial charge in [-0.05, 0) is 12.8 Å². The van der Waals surface area contributed by atoms with E-state index in [0.29, 0.717) is 0 Å². The molecule has 0 saturated carbocycles. The Kier molecular flexibility index (Phi) is 24.5. The van der Waals surface area contributed by atoms with Crippen LogP contribution in [0.15, 0.2) is 0 Å². The zero-order valence-electron chi connectivity index (χ0n) is 11.5. The van der Waals surface area contributed by atoms with Gasteiger partial charge >= 0.3 is 88.7 Å². The van der Waals surface area contributed by atoms with E-state index in [1.807, 2.05) is 6.92 Å². The van der Waals surface area contributed by atoms with Crippen LogP contribution in [0.25, 0.3) is 0 Å². The molecule has 0 aromatic rings. The topological polar surface area (TPSA) is 98.3 Å². The fourth-order valence-electron chi connectivity index (χ4n) is 0.876. The molecule has 0 aliphatic heterocycles. The van der Waals surface area contributed by atoms with Crippen LogP contribution in [-0.4, -0.2) is 21.3 Å². The van der Waals surface area contributed by atoms with Gasteiger partial charge in [0.15, 0.2) is 0 Å². The molecule has 84 valence electrons. The van der Waals surface area contributed by atoms with Gasteiger partial charge in [0.05, 0.1) is 0 Å². The molecule has 9 heteroatoms. The Morgan fingerprint density at radius 2 is 1.71 bits per heavy atom. The average molecular weight is 287 g/mol. The maximum absolute atomic E-state index is 11.2.